The van der Waals surface area contributed by atoms with E-state index < -0.39 is 0 Å². The fourth-order valence-electron chi connectivity index (χ4n) is 8.18. The molecule has 0 saturated carbocycles. The molecule has 0 amide bonds. The van der Waals surface area contributed by atoms with Gasteiger partial charge >= 0.3 is 0 Å². The predicted molar refractivity (Wildman–Crippen MR) is 194 cm³/mol. The molecule has 9 aromatic rings. The summed E-state index contributed by atoms with van der Waals surface area (Å²) in [6.07, 6.45) is 3.68. The number of aromatic nitrogens is 5. The van der Waals surface area contributed by atoms with E-state index in [0.29, 0.717) is 0 Å². The fourth-order valence-corrected chi connectivity index (χ4v) is 8.18. The van der Waals surface area contributed by atoms with Crippen LogP contribution in [0.3, 0.4) is 0 Å². The highest BCUT2D eigenvalue weighted by Crippen LogP contribution is 2.48. The largest absolute Gasteiger partial charge is 0.457 e. The molecule has 6 nitrogen and oxygen atoms in total. The predicted octanol–water partition coefficient (Wildman–Crippen LogP) is 10.2. The van der Waals surface area contributed by atoms with Gasteiger partial charge in [0, 0.05) is 50.4 Å². The molecule has 5 aromatic carbocycles. The van der Waals surface area contributed by atoms with Gasteiger partial charge in [-0.1, -0.05) is 74.5 Å². The van der Waals surface area contributed by atoms with Gasteiger partial charge in [0.15, 0.2) is 5.65 Å². The van der Waals surface area contributed by atoms with E-state index in [-0.39, 0.29) is 5.41 Å². The SMILES string of the molecule is Cc1cccc(C)c1-c1cc2c3ccccc3n3cnnc3c2cc1Oc1ccc2c3cccc4c3n(c2c1)-c1ncccc1C4(C)C. The number of hydrogen-bond acceptors (Lipinski definition) is 4. The molecule has 1 aliphatic rings. The molecule has 0 bridgehead atoms. The van der Waals surface area contributed by atoms with Crippen molar-refractivity contribution >= 4 is 49.1 Å². The lowest BCUT2D eigenvalue weighted by Gasteiger charge is -2.33. The van der Waals surface area contributed by atoms with Crippen molar-refractivity contribution in [2.45, 2.75) is 33.1 Å². The number of rotatable bonds is 3. The Morgan fingerprint density at radius 2 is 1.44 bits per heavy atom. The number of hydrogen-bond donors (Lipinski definition) is 0. The van der Waals surface area contributed by atoms with Crippen molar-refractivity contribution in [1.29, 1.82) is 0 Å². The quantitative estimate of drug-likeness (QED) is 0.184. The minimum atomic E-state index is -0.171. The Kier molecular flexibility index (Phi) is 5.38. The van der Waals surface area contributed by atoms with Gasteiger partial charge in [-0.3, -0.25) is 8.97 Å². The monoisotopic (exact) mass is 621 g/mol. The Bertz CT molecular complexity index is 2800. The third-order valence-electron chi connectivity index (χ3n) is 10.4. The molecule has 0 N–H and O–H groups in total. The lowest BCUT2D eigenvalue weighted by atomic mass is 9.76. The summed E-state index contributed by atoms with van der Waals surface area (Å²) >= 11 is 0. The van der Waals surface area contributed by atoms with Crippen molar-refractivity contribution in [2.75, 3.05) is 0 Å². The normalized spacial score (nSPS) is 13.6. The number of fused-ring (bicyclic) bond motifs is 11. The topological polar surface area (TPSA) is 57.2 Å². The van der Waals surface area contributed by atoms with Gasteiger partial charge in [0.25, 0.3) is 0 Å². The number of aryl methyl sites for hydroxylation is 2. The van der Waals surface area contributed by atoms with Crippen LogP contribution in [-0.4, -0.2) is 24.1 Å². The van der Waals surface area contributed by atoms with Crippen molar-refractivity contribution < 1.29 is 4.74 Å². The van der Waals surface area contributed by atoms with Crippen LogP contribution in [0.25, 0.3) is 66.1 Å². The molecular formula is C42H31N5O. The molecule has 0 saturated heterocycles. The van der Waals surface area contributed by atoms with Crippen molar-refractivity contribution in [1.82, 2.24) is 24.1 Å². The minimum Gasteiger partial charge on any atom is -0.457 e. The second-order valence-corrected chi connectivity index (χ2v) is 13.5. The number of para-hydroxylation sites is 2. The molecule has 0 unspecified atom stereocenters. The highest BCUT2D eigenvalue weighted by atomic mass is 16.5. The third kappa shape index (κ3) is 3.54. The van der Waals surface area contributed by atoms with Gasteiger partial charge in [0.2, 0.25) is 0 Å². The average molecular weight is 622 g/mol. The molecule has 4 aromatic heterocycles. The van der Waals surface area contributed by atoms with Crippen LogP contribution in [0.1, 0.15) is 36.1 Å². The standard InChI is InChI=1S/C42H31N5O/c1-24-10-7-11-25(2)38(24)32-21-30-27-12-5-6-16-35(27)46-23-44-45-40(46)31(30)22-37(32)48-26-17-18-28-29-13-8-14-33-39(29)47(36(28)20-26)41-34(42(33,3)4)15-9-19-43-41/h5-23H,1-4H3. The van der Waals surface area contributed by atoms with Crippen LogP contribution in [0.2, 0.25) is 0 Å². The number of benzene rings is 5. The summed E-state index contributed by atoms with van der Waals surface area (Å²) in [4.78, 5) is 4.94. The molecule has 0 aliphatic carbocycles. The Morgan fingerprint density at radius 1 is 0.667 bits per heavy atom. The van der Waals surface area contributed by atoms with Gasteiger partial charge in [-0.05, 0) is 77.9 Å². The van der Waals surface area contributed by atoms with Gasteiger partial charge in [0.1, 0.15) is 23.6 Å². The molecule has 0 atom stereocenters. The van der Waals surface area contributed by atoms with Gasteiger partial charge < -0.3 is 4.74 Å². The van der Waals surface area contributed by atoms with Gasteiger partial charge in [0.05, 0.1) is 16.6 Å². The highest BCUT2D eigenvalue weighted by Gasteiger charge is 2.35. The Morgan fingerprint density at radius 3 is 2.31 bits per heavy atom. The first kappa shape index (κ1) is 27.1. The minimum absolute atomic E-state index is 0.171. The summed E-state index contributed by atoms with van der Waals surface area (Å²) in [6, 6.07) is 36.7. The molecule has 0 radical (unpaired) electrons. The summed E-state index contributed by atoms with van der Waals surface area (Å²) in [5, 5.41) is 14.5. The molecule has 6 heteroatoms. The van der Waals surface area contributed by atoms with Gasteiger partial charge in [-0.2, -0.15) is 0 Å². The molecule has 48 heavy (non-hydrogen) atoms. The van der Waals surface area contributed by atoms with Gasteiger partial charge in [-0.25, -0.2) is 4.98 Å². The summed E-state index contributed by atoms with van der Waals surface area (Å²) in [7, 11) is 0. The van der Waals surface area contributed by atoms with Crippen molar-refractivity contribution in [3.8, 4) is 28.4 Å². The molecule has 5 heterocycles. The third-order valence-corrected chi connectivity index (χ3v) is 10.4. The van der Waals surface area contributed by atoms with Gasteiger partial charge in [-0.15, -0.1) is 10.2 Å². The molecule has 10 rings (SSSR count). The molecule has 1 aliphatic heterocycles. The zero-order chi connectivity index (χ0) is 32.3. The van der Waals surface area contributed by atoms with Crippen LogP contribution >= 0.6 is 0 Å². The maximum absolute atomic E-state index is 7.01. The summed E-state index contributed by atoms with van der Waals surface area (Å²) in [5.41, 5.74) is 11.1. The van der Waals surface area contributed by atoms with Crippen LogP contribution in [0.4, 0.5) is 0 Å². The summed E-state index contributed by atoms with van der Waals surface area (Å²) in [5.74, 6) is 2.51. The molecule has 0 spiro atoms. The Balaban J connectivity index is 1.25. The van der Waals surface area contributed by atoms with Crippen molar-refractivity contribution in [3.05, 3.63) is 138 Å². The molecule has 0 fully saturated rings. The second kappa shape index (κ2) is 9.52. The lowest BCUT2D eigenvalue weighted by molar-refractivity contribution is 0.486. The van der Waals surface area contributed by atoms with Crippen molar-refractivity contribution in [2.24, 2.45) is 0 Å². The maximum atomic E-state index is 7.01. The van der Waals surface area contributed by atoms with Crippen molar-refractivity contribution in [3.63, 3.8) is 0 Å². The number of nitrogens with zero attached hydrogens (tertiary/aromatic N) is 5. The number of pyridine rings is 2. The molecular weight excluding hydrogens is 590 g/mol. The van der Waals surface area contributed by atoms with E-state index in [4.69, 9.17) is 9.72 Å². The Labute approximate surface area is 276 Å². The first-order chi connectivity index (χ1) is 23.4. The zero-order valence-electron chi connectivity index (χ0n) is 27.1. The molecule has 230 valence electrons. The van der Waals surface area contributed by atoms with E-state index in [0.717, 1.165) is 55.7 Å². The van der Waals surface area contributed by atoms with E-state index in [1.54, 1.807) is 6.33 Å². The Hall–Kier alpha value is -6.01. The van der Waals surface area contributed by atoms with E-state index in [1.165, 1.54) is 44.1 Å². The van der Waals surface area contributed by atoms with Crippen LogP contribution < -0.4 is 4.74 Å². The van der Waals surface area contributed by atoms with E-state index in [9.17, 15) is 0 Å². The zero-order valence-corrected chi connectivity index (χ0v) is 27.1. The smallest absolute Gasteiger partial charge is 0.169 e. The highest BCUT2D eigenvalue weighted by molar-refractivity contribution is 6.14. The first-order valence-corrected chi connectivity index (χ1v) is 16.4. The maximum Gasteiger partial charge on any atom is 0.169 e. The average Bonchev–Trinajstić information content (AvgIpc) is 3.72. The van der Waals surface area contributed by atoms with Crippen LogP contribution in [0.5, 0.6) is 11.5 Å². The van der Waals surface area contributed by atoms with E-state index in [2.05, 4.69) is 144 Å². The van der Waals surface area contributed by atoms with E-state index >= 15 is 0 Å². The number of ether oxygens (including phenoxy) is 1. The van der Waals surface area contributed by atoms with Crippen LogP contribution in [0.15, 0.2) is 116 Å². The van der Waals surface area contributed by atoms with Crippen LogP contribution in [0, 0.1) is 13.8 Å². The first-order valence-electron chi connectivity index (χ1n) is 16.4. The summed E-state index contributed by atoms with van der Waals surface area (Å²) in [6.45, 7) is 8.93. The van der Waals surface area contributed by atoms with E-state index in [1.807, 2.05) is 12.3 Å². The second-order valence-electron chi connectivity index (χ2n) is 13.5. The lowest BCUT2D eigenvalue weighted by Crippen LogP contribution is -2.26. The summed E-state index contributed by atoms with van der Waals surface area (Å²) < 4.78 is 11.4. The fraction of sp³-hybridized carbons (Fsp3) is 0.119. The van der Waals surface area contributed by atoms with Crippen LogP contribution in [-0.2, 0) is 5.41 Å².